The lowest BCUT2D eigenvalue weighted by molar-refractivity contribution is -0.00000490. The van der Waals surface area contributed by atoms with E-state index in [9.17, 15) is 0 Å². The Labute approximate surface area is 135 Å². The van der Waals surface area contributed by atoms with Crippen LogP contribution in [0.15, 0.2) is 29.4 Å². The molecule has 0 fully saturated rings. The highest BCUT2D eigenvalue weighted by molar-refractivity contribution is 7.99. The molecule has 1 aromatic carbocycles. The van der Waals surface area contributed by atoms with Gasteiger partial charge in [-0.05, 0) is 23.4 Å². The number of rotatable bonds is 8. The molecule has 0 saturated carbocycles. The maximum atomic E-state index is 5.59. The molecule has 1 N–H and O–H groups in total. The van der Waals surface area contributed by atoms with Gasteiger partial charge in [0.25, 0.3) is 0 Å². The van der Waals surface area contributed by atoms with Crippen molar-refractivity contribution in [3.05, 3.63) is 29.8 Å². The van der Waals surface area contributed by atoms with Crippen molar-refractivity contribution in [1.82, 2.24) is 25.5 Å². The van der Waals surface area contributed by atoms with Gasteiger partial charge in [-0.3, -0.25) is 0 Å². The molecule has 8 heteroatoms. The zero-order chi connectivity index (χ0) is 14.2. The number of hydrogen-bond donors (Lipinski definition) is 1. The summed E-state index contributed by atoms with van der Waals surface area (Å²) in [5.74, 6) is 1.87. The second-order valence-electron chi connectivity index (χ2n) is 4.15. The van der Waals surface area contributed by atoms with Gasteiger partial charge < -0.3 is 22.5 Å². The minimum atomic E-state index is 0. The van der Waals surface area contributed by atoms with Crippen molar-refractivity contribution in [3.63, 3.8) is 0 Å². The third-order valence-corrected chi connectivity index (χ3v) is 3.69. The van der Waals surface area contributed by atoms with Crippen LogP contribution in [0, 0.1) is 0 Å². The number of benzene rings is 1. The van der Waals surface area contributed by atoms with Crippen molar-refractivity contribution in [1.29, 1.82) is 0 Å². The van der Waals surface area contributed by atoms with Crippen molar-refractivity contribution < 1.29 is 17.1 Å². The fourth-order valence-electron chi connectivity index (χ4n) is 1.73. The third-order valence-electron chi connectivity index (χ3n) is 2.68. The zero-order valence-electron chi connectivity index (χ0n) is 12.1. The Balaban J connectivity index is 0.00000220. The monoisotopic (exact) mass is 328 g/mol. The molecule has 1 heterocycles. The number of thioether (sulfide) groups is 1. The van der Waals surface area contributed by atoms with Gasteiger partial charge in [0.1, 0.15) is 5.75 Å². The third kappa shape index (κ3) is 5.53. The average Bonchev–Trinajstić information content (AvgIpc) is 2.86. The Bertz CT molecular complexity index is 537. The van der Waals surface area contributed by atoms with Crippen LogP contribution >= 0.6 is 11.8 Å². The summed E-state index contributed by atoms with van der Waals surface area (Å²) in [6.07, 6.45) is 0. The van der Waals surface area contributed by atoms with E-state index < -0.39 is 0 Å². The summed E-state index contributed by atoms with van der Waals surface area (Å²) in [5, 5.41) is 15.6. The van der Waals surface area contributed by atoms with Gasteiger partial charge in [-0.25, -0.2) is 4.68 Å². The number of para-hydroxylation sites is 1. The number of aryl methyl sites for hydroxylation is 1. The molecule has 0 unspecified atom stereocenters. The Morgan fingerprint density at radius 1 is 1.33 bits per heavy atom. The molecule has 0 aliphatic carbocycles. The van der Waals surface area contributed by atoms with E-state index in [1.54, 1.807) is 16.4 Å². The molecule has 0 atom stereocenters. The minimum absolute atomic E-state index is 0. The first-order chi connectivity index (χ1) is 9.81. The lowest BCUT2D eigenvalue weighted by Gasteiger charge is -2.10. The van der Waals surface area contributed by atoms with Gasteiger partial charge in [0, 0.05) is 31.5 Å². The maximum Gasteiger partial charge on any atom is 0.209 e. The molecule has 116 valence electrons. The Morgan fingerprint density at radius 3 is 2.86 bits per heavy atom. The lowest BCUT2D eigenvalue weighted by Crippen LogP contribution is -3.00. The van der Waals surface area contributed by atoms with E-state index in [2.05, 4.69) is 26.9 Å². The first-order valence-corrected chi connectivity index (χ1v) is 7.56. The predicted molar refractivity (Wildman–Crippen MR) is 78.8 cm³/mol. The summed E-state index contributed by atoms with van der Waals surface area (Å²) in [4.78, 5) is 0. The molecular weight excluding hydrogens is 310 g/mol. The molecule has 0 aliphatic rings. The predicted octanol–water partition coefficient (Wildman–Crippen LogP) is -1.51. The molecule has 2 rings (SSSR count). The van der Waals surface area contributed by atoms with Gasteiger partial charge in [0.15, 0.2) is 0 Å². The number of halogens is 1. The second-order valence-corrected chi connectivity index (χ2v) is 5.21. The topological polar surface area (TPSA) is 64.9 Å². The number of tetrazole rings is 1. The second kappa shape index (κ2) is 9.59. The molecule has 0 saturated heterocycles. The van der Waals surface area contributed by atoms with Gasteiger partial charge in [0.2, 0.25) is 5.16 Å². The van der Waals surface area contributed by atoms with E-state index in [1.165, 1.54) is 5.56 Å². The molecule has 1 aromatic heterocycles. The number of ether oxygens (including phenoxy) is 1. The van der Waals surface area contributed by atoms with E-state index in [0.717, 1.165) is 29.7 Å². The molecule has 0 radical (unpaired) electrons. The van der Waals surface area contributed by atoms with Gasteiger partial charge in [-0.2, -0.15) is 0 Å². The average molecular weight is 329 g/mol. The van der Waals surface area contributed by atoms with E-state index in [0.29, 0.717) is 6.61 Å². The highest BCUT2D eigenvalue weighted by atomic mass is 35.5. The largest absolute Gasteiger partial charge is 1.00 e. The van der Waals surface area contributed by atoms with Crippen LogP contribution in [0.1, 0.15) is 12.5 Å². The number of hydrogen-bond acceptors (Lipinski definition) is 6. The van der Waals surface area contributed by atoms with Crippen molar-refractivity contribution in [3.8, 4) is 5.75 Å². The molecule has 21 heavy (non-hydrogen) atoms. The molecule has 0 amide bonds. The van der Waals surface area contributed by atoms with E-state index in [4.69, 9.17) is 4.74 Å². The first kappa shape index (κ1) is 17.7. The van der Waals surface area contributed by atoms with Crippen LogP contribution in [0.2, 0.25) is 0 Å². The zero-order valence-corrected chi connectivity index (χ0v) is 13.7. The number of nitrogens with zero attached hydrogens (tertiary/aromatic N) is 4. The molecule has 2 aromatic rings. The molecule has 6 nitrogen and oxygen atoms in total. The van der Waals surface area contributed by atoms with Crippen molar-refractivity contribution in [2.75, 3.05) is 18.9 Å². The number of nitrogens with one attached hydrogen (secondary N) is 1. The number of aromatic nitrogens is 4. The molecule has 0 bridgehead atoms. The maximum absolute atomic E-state index is 5.59. The first-order valence-electron chi connectivity index (χ1n) is 6.58. The molecule has 0 spiro atoms. The van der Waals surface area contributed by atoms with E-state index in [-0.39, 0.29) is 12.4 Å². The lowest BCUT2D eigenvalue weighted by atomic mass is 10.2. The van der Waals surface area contributed by atoms with Crippen molar-refractivity contribution in [2.45, 2.75) is 18.6 Å². The standard InChI is InChI=1S/C13H19N5OS.ClH/c1-3-19-12-7-5-4-6-11(12)10-14-8-9-20-13-15-16-17-18(13)2;/h4-7,14H,3,8-10H2,1-2H3;1H/p-1. The highest BCUT2D eigenvalue weighted by Gasteiger charge is 2.03. The van der Waals surface area contributed by atoms with Crippen LogP contribution < -0.4 is 22.5 Å². The summed E-state index contributed by atoms with van der Waals surface area (Å²) in [6, 6.07) is 8.10. The summed E-state index contributed by atoms with van der Waals surface area (Å²) in [7, 11) is 1.84. The molecule has 0 aliphatic heterocycles. The summed E-state index contributed by atoms with van der Waals surface area (Å²) < 4.78 is 7.27. The van der Waals surface area contributed by atoms with Crippen LogP contribution in [0.4, 0.5) is 0 Å². The van der Waals surface area contributed by atoms with Crippen molar-refractivity contribution >= 4 is 11.8 Å². The Kier molecular flexibility index (Phi) is 8.11. The van der Waals surface area contributed by atoms with Crippen molar-refractivity contribution in [2.24, 2.45) is 7.05 Å². The van der Waals surface area contributed by atoms with Crippen LogP contribution in [0.3, 0.4) is 0 Å². The van der Waals surface area contributed by atoms with Crippen LogP contribution in [0.25, 0.3) is 0 Å². The normalized spacial score (nSPS) is 10.2. The van der Waals surface area contributed by atoms with Crippen LogP contribution in [-0.4, -0.2) is 39.1 Å². The van der Waals surface area contributed by atoms with Gasteiger partial charge in [-0.1, -0.05) is 30.0 Å². The summed E-state index contributed by atoms with van der Waals surface area (Å²) in [5.41, 5.74) is 1.18. The van der Waals surface area contributed by atoms with Crippen LogP contribution in [0.5, 0.6) is 5.75 Å². The smallest absolute Gasteiger partial charge is 0.209 e. The van der Waals surface area contributed by atoms with Crippen LogP contribution in [-0.2, 0) is 13.6 Å². The fourth-order valence-corrected chi connectivity index (χ4v) is 2.47. The summed E-state index contributed by atoms with van der Waals surface area (Å²) in [6.45, 7) is 4.37. The van der Waals surface area contributed by atoms with Gasteiger partial charge >= 0.3 is 0 Å². The quantitative estimate of drug-likeness (QED) is 0.470. The summed E-state index contributed by atoms with van der Waals surface area (Å²) >= 11 is 1.64. The van der Waals surface area contributed by atoms with E-state index in [1.807, 2.05) is 32.2 Å². The highest BCUT2D eigenvalue weighted by Crippen LogP contribution is 2.17. The van der Waals surface area contributed by atoms with E-state index >= 15 is 0 Å². The minimum Gasteiger partial charge on any atom is -1.00 e. The van der Waals surface area contributed by atoms with Gasteiger partial charge in [0.05, 0.1) is 6.61 Å². The van der Waals surface area contributed by atoms with Gasteiger partial charge in [-0.15, -0.1) is 5.10 Å². The fraction of sp³-hybridized carbons (Fsp3) is 0.462. The Hall–Kier alpha value is -1.31. The SMILES string of the molecule is CCOc1ccccc1CNCCSc1nnnn1C.[Cl-]. The Morgan fingerprint density at radius 2 is 2.14 bits per heavy atom. The molecular formula is C13H19ClN5OS-.